The summed E-state index contributed by atoms with van der Waals surface area (Å²) in [6, 6.07) is 0.426. The molecule has 1 unspecified atom stereocenters. The van der Waals surface area contributed by atoms with Crippen LogP contribution in [0.25, 0.3) is 0 Å². The first-order valence-corrected chi connectivity index (χ1v) is 8.48. The Labute approximate surface area is 134 Å². The molecule has 21 heavy (non-hydrogen) atoms. The smallest absolute Gasteiger partial charge is 0.224 e. The zero-order chi connectivity index (χ0) is 13.8. The average Bonchev–Trinajstić information content (AvgIpc) is 3.13. The first kappa shape index (κ1) is 17.0. The molecule has 3 fully saturated rings. The van der Waals surface area contributed by atoms with Gasteiger partial charge in [0.1, 0.15) is 0 Å². The molecule has 0 aromatic heterocycles. The maximum absolute atomic E-state index is 12.3. The molecular weight excluding hydrogens is 288 g/mol. The third-order valence-corrected chi connectivity index (χ3v) is 5.07. The van der Waals surface area contributed by atoms with E-state index in [9.17, 15) is 4.79 Å². The zero-order valence-corrected chi connectivity index (χ0v) is 13.7. The number of nitrogens with one attached hydrogen (secondary N) is 1. The maximum Gasteiger partial charge on any atom is 0.224 e. The van der Waals surface area contributed by atoms with Gasteiger partial charge in [-0.05, 0) is 45.1 Å². The lowest BCUT2D eigenvalue weighted by atomic mass is 10.1. The van der Waals surface area contributed by atoms with Gasteiger partial charge in [0.25, 0.3) is 0 Å². The first-order chi connectivity index (χ1) is 9.81. The Bertz CT molecular complexity index is 320. The quantitative estimate of drug-likeness (QED) is 0.866. The lowest BCUT2D eigenvalue weighted by molar-refractivity contribution is -0.135. The van der Waals surface area contributed by atoms with Gasteiger partial charge in [-0.15, -0.1) is 12.4 Å². The molecule has 4 nitrogen and oxygen atoms in total. The molecule has 0 radical (unpaired) electrons. The molecule has 2 aliphatic heterocycles. The molecule has 3 rings (SSSR count). The van der Waals surface area contributed by atoms with Crippen LogP contribution in [0.3, 0.4) is 0 Å². The molecule has 1 amide bonds. The Morgan fingerprint density at radius 1 is 1.00 bits per heavy atom. The van der Waals surface area contributed by atoms with Crippen LogP contribution in [-0.2, 0) is 9.53 Å². The van der Waals surface area contributed by atoms with Gasteiger partial charge in [0, 0.05) is 25.6 Å². The summed E-state index contributed by atoms with van der Waals surface area (Å²) in [7, 11) is 0. The third kappa shape index (κ3) is 4.83. The van der Waals surface area contributed by atoms with Gasteiger partial charge < -0.3 is 15.0 Å². The molecule has 122 valence electrons. The van der Waals surface area contributed by atoms with Crippen LogP contribution < -0.4 is 5.32 Å². The predicted octanol–water partition coefficient (Wildman–Crippen LogP) is 2.50. The molecule has 0 aromatic carbocycles. The van der Waals surface area contributed by atoms with Crippen LogP contribution in [-0.4, -0.2) is 48.7 Å². The number of carbonyl (C=O) groups is 1. The molecule has 1 atom stereocenters. The van der Waals surface area contributed by atoms with E-state index in [0.29, 0.717) is 30.6 Å². The second kappa shape index (κ2) is 8.35. The predicted molar refractivity (Wildman–Crippen MR) is 85.8 cm³/mol. The Morgan fingerprint density at radius 2 is 1.67 bits per heavy atom. The molecular formula is C16H29ClN2O2. The maximum atomic E-state index is 12.3. The second-order valence-corrected chi connectivity index (χ2v) is 6.62. The van der Waals surface area contributed by atoms with Crippen LogP contribution in [0.1, 0.15) is 57.8 Å². The van der Waals surface area contributed by atoms with Gasteiger partial charge in [0.2, 0.25) is 5.91 Å². The van der Waals surface area contributed by atoms with Crippen LogP contribution in [0.15, 0.2) is 0 Å². The minimum Gasteiger partial charge on any atom is -0.375 e. The molecule has 5 heteroatoms. The highest BCUT2D eigenvalue weighted by Gasteiger charge is 2.28. The number of amides is 1. The highest BCUT2D eigenvalue weighted by molar-refractivity contribution is 5.85. The number of rotatable bonds is 4. The van der Waals surface area contributed by atoms with Crippen molar-refractivity contribution in [3.63, 3.8) is 0 Å². The first-order valence-electron chi connectivity index (χ1n) is 8.48. The van der Waals surface area contributed by atoms with Gasteiger partial charge in [-0.25, -0.2) is 0 Å². The third-order valence-electron chi connectivity index (χ3n) is 5.07. The number of halogens is 1. The van der Waals surface area contributed by atoms with Crippen molar-refractivity contribution in [2.24, 2.45) is 0 Å². The highest BCUT2D eigenvalue weighted by Crippen LogP contribution is 2.25. The summed E-state index contributed by atoms with van der Waals surface area (Å²) < 4.78 is 6.16. The van der Waals surface area contributed by atoms with Crippen molar-refractivity contribution >= 4 is 18.3 Å². The summed E-state index contributed by atoms with van der Waals surface area (Å²) in [5.74, 6) is 0.337. The SMILES string of the molecule is Cl.O=C(CC1CCCN1)N1CCC(OC2CCCC2)CC1. The average molecular weight is 317 g/mol. The van der Waals surface area contributed by atoms with Crippen molar-refractivity contribution in [2.75, 3.05) is 19.6 Å². The van der Waals surface area contributed by atoms with Gasteiger partial charge in [-0.1, -0.05) is 12.8 Å². The van der Waals surface area contributed by atoms with Crippen molar-refractivity contribution in [2.45, 2.75) is 76.0 Å². The largest absolute Gasteiger partial charge is 0.375 e. The molecule has 1 aliphatic carbocycles. The fourth-order valence-electron chi connectivity index (χ4n) is 3.81. The summed E-state index contributed by atoms with van der Waals surface area (Å²) in [5, 5.41) is 3.41. The van der Waals surface area contributed by atoms with Gasteiger partial charge in [0.15, 0.2) is 0 Å². The Balaban J connectivity index is 0.00000161. The van der Waals surface area contributed by atoms with Crippen LogP contribution in [0.4, 0.5) is 0 Å². The molecule has 3 aliphatic rings. The van der Waals surface area contributed by atoms with Crippen LogP contribution in [0.2, 0.25) is 0 Å². The Kier molecular flexibility index (Phi) is 6.77. The number of ether oxygens (including phenoxy) is 1. The molecule has 2 heterocycles. The van der Waals surface area contributed by atoms with Crippen molar-refractivity contribution in [1.29, 1.82) is 0 Å². The lowest BCUT2D eigenvalue weighted by Crippen LogP contribution is -2.43. The summed E-state index contributed by atoms with van der Waals surface area (Å²) in [6.07, 6.45) is 11.2. The summed E-state index contributed by atoms with van der Waals surface area (Å²) in [6.45, 7) is 2.86. The van der Waals surface area contributed by atoms with Crippen molar-refractivity contribution in [1.82, 2.24) is 10.2 Å². The van der Waals surface area contributed by atoms with E-state index in [2.05, 4.69) is 10.2 Å². The number of nitrogens with zero attached hydrogens (tertiary/aromatic N) is 1. The Hall–Kier alpha value is -0.320. The van der Waals surface area contributed by atoms with E-state index in [0.717, 1.165) is 38.9 Å². The van der Waals surface area contributed by atoms with Crippen molar-refractivity contribution < 1.29 is 9.53 Å². The number of carbonyl (C=O) groups excluding carboxylic acids is 1. The Morgan fingerprint density at radius 3 is 2.29 bits per heavy atom. The van der Waals surface area contributed by atoms with Gasteiger partial charge in [-0.3, -0.25) is 4.79 Å². The van der Waals surface area contributed by atoms with Crippen LogP contribution >= 0.6 is 12.4 Å². The van der Waals surface area contributed by atoms with Crippen LogP contribution in [0, 0.1) is 0 Å². The minimum absolute atomic E-state index is 0. The number of piperidine rings is 1. The molecule has 0 aromatic rings. The van der Waals surface area contributed by atoms with Gasteiger partial charge in [-0.2, -0.15) is 0 Å². The lowest BCUT2D eigenvalue weighted by Gasteiger charge is -2.33. The summed E-state index contributed by atoms with van der Waals surface area (Å²) in [4.78, 5) is 14.3. The summed E-state index contributed by atoms with van der Waals surface area (Å²) >= 11 is 0. The molecule has 1 saturated carbocycles. The molecule has 2 saturated heterocycles. The topological polar surface area (TPSA) is 41.6 Å². The molecule has 0 spiro atoms. The van der Waals surface area contributed by atoms with E-state index in [1.165, 1.54) is 32.1 Å². The summed E-state index contributed by atoms with van der Waals surface area (Å²) in [5.41, 5.74) is 0. The molecule has 0 bridgehead atoms. The van der Waals surface area contributed by atoms with E-state index in [1.54, 1.807) is 0 Å². The normalized spacial score (nSPS) is 27.8. The zero-order valence-electron chi connectivity index (χ0n) is 12.9. The van der Waals surface area contributed by atoms with Crippen LogP contribution in [0.5, 0.6) is 0 Å². The fraction of sp³-hybridized carbons (Fsp3) is 0.938. The van der Waals surface area contributed by atoms with E-state index >= 15 is 0 Å². The van der Waals surface area contributed by atoms with Crippen molar-refractivity contribution in [3.8, 4) is 0 Å². The van der Waals surface area contributed by atoms with Gasteiger partial charge in [0.05, 0.1) is 12.2 Å². The van der Waals surface area contributed by atoms with E-state index in [1.807, 2.05) is 0 Å². The number of hydrogen-bond donors (Lipinski definition) is 1. The van der Waals surface area contributed by atoms with Gasteiger partial charge >= 0.3 is 0 Å². The van der Waals surface area contributed by atoms with Crippen molar-refractivity contribution in [3.05, 3.63) is 0 Å². The monoisotopic (exact) mass is 316 g/mol. The minimum atomic E-state index is 0. The number of likely N-dealkylation sites (tertiary alicyclic amines) is 1. The number of hydrogen-bond acceptors (Lipinski definition) is 3. The van der Waals surface area contributed by atoms with E-state index < -0.39 is 0 Å². The standard InChI is InChI=1S/C16H28N2O2.ClH/c19-16(12-13-4-3-9-17-13)18-10-7-15(8-11-18)20-14-5-1-2-6-14;/h13-15,17H,1-12H2;1H. The second-order valence-electron chi connectivity index (χ2n) is 6.62. The van der Waals surface area contributed by atoms with E-state index in [-0.39, 0.29) is 12.4 Å². The molecule has 1 N–H and O–H groups in total. The fourth-order valence-corrected chi connectivity index (χ4v) is 3.81. The van der Waals surface area contributed by atoms with E-state index in [4.69, 9.17) is 4.74 Å². The highest BCUT2D eigenvalue weighted by atomic mass is 35.5.